The molecular weight excluding hydrogens is 274 g/mol. The van der Waals surface area contributed by atoms with Crippen molar-refractivity contribution in [3.05, 3.63) is 42.2 Å². The Morgan fingerprint density at radius 3 is 2.95 bits per heavy atom. The summed E-state index contributed by atoms with van der Waals surface area (Å²) in [6, 6.07) is 10.6. The number of fused-ring (bicyclic) bond motifs is 3. The van der Waals surface area contributed by atoms with Crippen LogP contribution in [0, 0.1) is 5.92 Å². The number of pyridine rings is 1. The van der Waals surface area contributed by atoms with E-state index in [0.29, 0.717) is 18.4 Å². The number of para-hydroxylation sites is 1. The fourth-order valence-electron chi connectivity index (χ4n) is 3.15. The Balaban J connectivity index is 1.82. The fourth-order valence-corrected chi connectivity index (χ4v) is 3.15. The van der Waals surface area contributed by atoms with Crippen LogP contribution in [0.5, 0.6) is 0 Å². The highest BCUT2D eigenvalue weighted by atomic mass is 16.5. The van der Waals surface area contributed by atoms with Gasteiger partial charge in [-0.2, -0.15) is 0 Å². The van der Waals surface area contributed by atoms with E-state index in [1.807, 2.05) is 18.3 Å². The second-order valence-electron chi connectivity index (χ2n) is 6.28. The van der Waals surface area contributed by atoms with Crippen molar-refractivity contribution < 1.29 is 4.74 Å². The Hall–Kier alpha value is -2.36. The third kappa shape index (κ3) is 2.15. The van der Waals surface area contributed by atoms with Gasteiger partial charge in [0.05, 0.1) is 11.6 Å². The lowest BCUT2D eigenvalue weighted by atomic mass is 10.1. The summed E-state index contributed by atoms with van der Waals surface area (Å²) in [5.74, 6) is 1.29. The zero-order chi connectivity index (χ0) is 15.1. The van der Waals surface area contributed by atoms with Gasteiger partial charge in [0.1, 0.15) is 12.3 Å². The van der Waals surface area contributed by atoms with E-state index < -0.39 is 0 Å². The number of H-pyrrole nitrogens is 1. The quantitative estimate of drug-likeness (QED) is 0.796. The standard InChI is InChI=1S/C18H19N3O/c1-11(2)9-12-10-22-18(20-12)17-16-14(7-8-19-17)13-5-3-4-6-15(13)21-16/h3-8,11-12,21H,9-10H2,1-2H3/t12-/m0/s1. The van der Waals surface area contributed by atoms with Crippen molar-refractivity contribution in [3.63, 3.8) is 0 Å². The first-order valence-corrected chi connectivity index (χ1v) is 7.79. The topological polar surface area (TPSA) is 50.3 Å². The monoisotopic (exact) mass is 293 g/mol. The van der Waals surface area contributed by atoms with Gasteiger partial charge in [0.25, 0.3) is 0 Å². The maximum Gasteiger partial charge on any atom is 0.237 e. The summed E-state index contributed by atoms with van der Waals surface area (Å²) in [5.41, 5.74) is 2.94. The lowest BCUT2D eigenvalue weighted by Crippen LogP contribution is -2.09. The van der Waals surface area contributed by atoms with E-state index in [1.54, 1.807) is 0 Å². The van der Waals surface area contributed by atoms with Gasteiger partial charge in [-0.1, -0.05) is 32.0 Å². The zero-order valence-electron chi connectivity index (χ0n) is 12.8. The molecule has 4 nitrogen and oxygen atoms in total. The molecule has 4 heteroatoms. The molecule has 0 radical (unpaired) electrons. The zero-order valence-corrected chi connectivity index (χ0v) is 12.8. The second-order valence-corrected chi connectivity index (χ2v) is 6.28. The predicted octanol–water partition coefficient (Wildman–Crippen LogP) is 3.91. The first-order valence-electron chi connectivity index (χ1n) is 7.79. The summed E-state index contributed by atoms with van der Waals surface area (Å²) in [4.78, 5) is 12.7. The van der Waals surface area contributed by atoms with Crippen molar-refractivity contribution >= 4 is 27.7 Å². The molecule has 3 heterocycles. The Kier molecular flexibility index (Phi) is 3.10. The Morgan fingerprint density at radius 2 is 2.09 bits per heavy atom. The Morgan fingerprint density at radius 1 is 1.23 bits per heavy atom. The van der Waals surface area contributed by atoms with E-state index >= 15 is 0 Å². The molecule has 3 aromatic rings. The molecule has 1 aliphatic heterocycles. The molecule has 1 N–H and O–H groups in total. The van der Waals surface area contributed by atoms with Crippen LogP contribution >= 0.6 is 0 Å². The largest absolute Gasteiger partial charge is 0.474 e. The van der Waals surface area contributed by atoms with Crippen LogP contribution in [0.3, 0.4) is 0 Å². The van der Waals surface area contributed by atoms with Crippen LogP contribution in [-0.2, 0) is 4.74 Å². The maximum absolute atomic E-state index is 5.82. The Labute approximate surface area is 129 Å². The van der Waals surface area contributed by atoms with Crippen LogP contribution in [0.15, 0.2) is 41.5 Å². The molecule has 1 aromatic carbocycles. The van der Waals surface area contributed by atoms with Gasteiger partial charge in [-0.05, 0) is 24.5 Å². The molecule has 0 spiro atoms. The molecule has 0 saturated carbocycles. The summed E-state index contributed by atoms with van der Waals surface area (Å²) in [7, 11) is 0. The van der Waals surface area contributed by atoms with Gasteiger partial charge in [-0.15, -0.1) is 0 Å². The van der Waals surface area contributed by atoms with Crippen molar-refractivity contribution in [2.24, 2.45) is 10.9 Å². The van der Waals surface area contributed by atoms with Gasteiger partial charge < -0.3 is 9.72 Å². The smallest absolute Gasteiger partial charge is 0.237 e. The summed E-state index contributed by atoms with van der Waals surface area (Å²) in [6.45, 7) is 5.08. The van der Waals surface area contributed by atoms with E-state index in [2.05, 4.69) is 42.0 Å². The summed E-state index contributed by atoms with van der Waals surface area (Å²) >= 11 is 0. The predicted molar refractivity (Wildman–Crippen MR) is 89.3 cm³/mol. The number of aromatic amines is 1. The van der Waals surface area contributed by atoms with Crippen LogP contribution < -0.4 is 0 Å². The molecule has 0 amide bonds. The molecule has 0 unspecified atom stereocenters. The van der Waals surface area contributed by atoms with E-state index in [1.165, 1.54) is 10.8 Å². The number of aliphatic imine (C=N–C) groups is 1. The minimum atomic E-state index is 0.247. The summed E-state index contributed by atoms with van der Waals surface area (Å²) < 4.78 is 5.82. The van der Waals surface area contributed by atoms with E-state index in [9.17, 15) is 0 Å². The van der Waals surface area contributed by atoms with Gasteiger partial charge in [0.2, 0.25) is 5.90 Å². The number of rotatable bonds is 3. The molecule has 0 bridgehead atoms. The van der Waals surface area contributed by atoms with Crippen LogP contribution in [0.4, 0.5) is 0 Å². The van der Waals surface area contributed by atoms with Crippen LogP contribution in [0.1, 0.15) is 26.0 Å². The van der Waals surface area contributed by atoms with E-state index in [-0.39, 0.29) is 6.04 Å². The minimum absolute atomic E-state index is 0.247. The van der Waals surface area contributed by atoms with Crippen molar-refractivity contribution in [1.29, 1.82) is 0 Å². The van der Waals surface area contributed by atoms with Gasteiger partial charge >= 0.3 is 0 Å². The molecule has 0 aliphatic carbocycles. The highest BCUT2D eigenvalue weighted by Gasteiger charge is 2.24. The number of hydrogen-bond donors (Lipinski definition) is 1. The molecule has 0 saturated heterocycles. The molecule has 1 atom stereocenters. The van der Waals surface area contributed by atoms with E-state index in [4.69, 9.17) is 9.73 Å². The first-order chi connectivity index (χ1) is 10.7. The molecule has 4 rings (SSSR count). The van der Waals surface area contributed by atoms with Crippen LogP contribution in [-0.4, -0.2) is 28.5 Å². The van der Waals surface area contributed by atoms with Crippen LogP contribution in [0.2, 0.25) is 0 Å². The highest BCUT2D eigenvalue weighted by Crippen LogP contribution is 2.28. The third-order valence-corrected chi connectivity index (χ3v) is 4.09. The highest BCUT2D eigenvalue weighted by molar-refractivity contribution is 6.14. The molecule has 22 heavy (non-hydrogen) atoms. The van der Waals surface area contributed by atoms with Gasteiger partial charge in [-0.25, -0.2) is 9.98 Å². The lowest BCUT2D eigenvalue weighted by Gasteiger charge is -2.06. The number of hydrogen-bond acceptors (Lipinski definition) is 3. The summed E-state index contributed by atoms with van der Waals surface area (Å²) in [6.07, 6.45) is 2.88. The fraction of sp³-hybridized carbons (Fsp3) is 0.333. The second kappa shape index (κ2) is 5.13. The average Bonchev–Trinajstić information content (AvgIpc) is 3.10. The number of nitrogens with zero attached hydrogens (tertiary/aromatic N) is 2. The number of aromatic nitrogens is 2. The first kappa shape index (κ1) is 13.3. The summed E-state index contributed by atoms with van der Waals surface area (Å²) in [5, 5.41) is 2.37. The van der Waals surface area contributed by atoms with Crippen LogP contribution in [0.25, 0.3) is 21.8 Å². The van der Waals surface area contributed by atoms with Crippen molar-refractivity contribution in [2.75, 3.05) is 6.61 Å². The van der Waals surface area contributed by atoms with Crippen molar-refractivity contribution in [1.82, 2.24) is 9.97 Å². The maximum atomic E-state index is 5.82. The van der Waals surface area contributed by atoms with Gasteiger partial charge in [-0.3, -0.25) is 0 Å². The number of benzene rings is 1. The molecular formula is C18H19N3O. The normalized spacial score (nSPS) is 18.1. The number of ether oxygens (including phenoxy) is 1. The average molecular weight is 293 g/mol. The third-order valence-electron chi connectivity index (χ3n) is 4.09. The molecule has 1 aliphatic rings. The molecule has 112 valence electrons. The minimum Gasteiger partial charge on any atom is -0.474 e. The van der Waals surface area contributed by atoms with Crippen molar-refractivity contribution in [2.45, 2.75) is 26.3 Å². The SMILES string of the molecule is CC(C)C[C@H]1COC(c2nccc3c2[nH]c2ccccc23)=N1. The van der Waals surface area contributed by atoms with Gasteiger partial charge in [0.15, 0.2) is 0 Å². The lowest BCUT2D eigenvalue weighted by molar-refractivity contribution is 0.301. The van der Waals surface area contributed by atoms with E-state index in [0.717, 1.165) is 23.1 Å². The van der Waals surface area contributed by atoms with Gasteiger partial charge in [0, 0.05) is 22.5 Å². The number of nitrogens with one attached hydrogen (secondary N) is 1. The Bertz CT molecular complexity index is 863. The molecule has 2 aromatic heterocycles. The van der Waals surface area contributed by atoms with Crippen molar-refractivity contribution in [3.8, 4) is 0 Å². The molecule has 0 fully saturated rings.